The van der Waals surface area contributed by atoms with E-state index in [0.29, 0.717) is 31.6 Å². The van der Waals surface area contributed by atoms with Gasteiger partial charge in [0.2, 0.25) is 5.91 Å². The lowest BCUT2D eigenvalue weighted by Crippen LogP contribution is -2.42. The Morgan fingerprint density at radius 2 is 1.87 bits per heavy atom. The summed E-state index contributed by atoms with van der Waals surface area (Å²) in [4.78, 5) is 27.5. The van der Waals surface area contributed by atoms with Crippen molar-refractivity contribution in [3.63, 3.8) is 0 Å². The van der Waals surface area contributed by atoms with Gasteiger partial charge in [-0.2, -0.15) is 5.10 Å². The van der Waals surface area contributed by atoms with Crippen LogP contribution in [0.5, 0.6) is 0 Å². The number of piperidine rings is 1. The second kappa shape index (κ2) is 9.64. The number of nitrogens with zero attached hydrogens (tertiary/aromatic N) is 4. The zero-order chi connectivity index (χ0) is 21.6. The van der Waals surface area contributed by atoms with Crippen molar-refractivity contribution in [2.75, 3.05) is 18.4 Å². The van der Waals surface area contributed by atoms with Crippen LogP contribution in [0, 0.1) is 5.92 Å². The van der Waals surface area contributed by atoms with E-state index in [-0.39, 0.29) is 17.7 Å². The van der Waals surface area contributed by atoms with Crippen molar-refractivity contribution < 1.29 is 9.59 Å². The molecular weight excluding hydrogens is 390 g/mol. The van der Waals surface area contributed by atoms with Crippen LogP contribution in [0.25, 0.3) is 0 Å². The van der Waals surface area contributed by atoms with Crippen molar-refractivity contribution in [2.45, 2.75) is 39.3 Å². The normalized spacial score (nSPS) is 14.5. The van der Waals surface area contributed by atoms with Crippen molar-refractivity contribution in [3.05, 3.63) is 72.3 Å². The zero-order valence-corrected chi connectivity index (χ0v) is 17.9. The molecule has 1 saturated heterocycles. The molecule has 0 atom stereocenters. The van der Waals surface area contributed by atoms with E-state index in [1.54, 1.807) is 10.9 Å². The van der Waals surface area contributed by atoms with E-state index in [4.69, 9.17) is 0 Å². The molecule has 7 nitrogen and oxygen atoms in total. The van der Waals surface area contributed by atoms with E-state index < -0.39 is 0 Å². The molecule has 2 aromatic heterocycles. The third-order valence-electron chi connectivity index (χ3n) is 5.91. The van der Waals surface area contributed by atoms with E-state index in [0.717, 1.165) is 25.2 Å². The van der Waals surface area contributed by atoms with Crippen molar-refractivity contribution in [1.29, 1.82) is 0 Å². The predicted molar refractivity (Wildman–Crippen MR) is 120 cm³/mol. The number of benzene rings is 1. The molecule has 4 rings (SSSR count). The Hall–Kier alpha value is -3.35. The number of rotatable bonds is 7. The van der Waals surface area contributed by atoms with Crippen LogP contribution in [0.1, 0.15) is 35.8 Å². The summed E-state index contributed by atoms with van der Waals surface area (Å²) in [6.45, 7) is 4.72. The van der Waals surface area contributed by atoms with Crippen LogP contribution in [0.3, 0.4) is 0 Å². The quantitative estimate of drug-likeness (QED) is 0.638. The Morgan fingerprint density at radius 3 is 2.58 bits per heavy atom. The molecule has 0 aliphatic carbocycles. The predicted octanol–water partition coefficient (Wildman–Crippen LogP) is 3.44. The number of anilines is 1. The highest BCUT2D eigenvalue weighted by Gasteiger charge is 2.29. The molecular formula is C24H29N5O2. The number of carbonyl (C=O) groups excluding carboxylic acids is 2. The fraction of sp³-hybridized carbons (Fsp3) is 0.375. The number of carbonyl (C=O) groups is 2. The molecule has 2 amide bonds. The minimum atomic E-state index is -0.0844. The van der Waals surface area contributed by atoms with E-state index in [2.05, 4.69) is 22.5 Å². The van der Waals surface area contributed by atoms with Gasteiger partial charge in [-0.15, -0.1) is 0 Å². The molecule has 0 unspecified atom stereocenters. The number of aryl methyl sites for hydroxylation is 3. The summed E-state index contributed by atoms with van der Waals surface area (Å²) in [5, 5.41) is 7.14. The first-order valence-electron chi connectivity index (χ1n) is 11.0. The average molecular weight is 420 g/mol. The first-order chi connectivity index (χ1) is 15.1. The molecule has 31 heavy (non-hydrogen) atoms. The fourth-order valence-electron chi connectivity index (χ4n) is 4.05. The average Bonchev–Trinajstić information content (AvgIpc) is 3.47. The van der Waals surface area contributed by atoms with Crippen molar-refractivity contribution in [3.8, 4) is 0 Å². The van der Waals surface area contributed by atoms with Crippen LogP contribution in [-0.2, 0) is 24.3 Å². The maximum atomic E-state index is 13.1. The molecule has 7 heteroatoms. The van der Waals surface area contributed by atoms with Gasteiger partial charge in [-0.25, -0.2) is 0 Å². The lowest BCUT2D eigenvalue weighted by atomic mass is 9.95. The summed E-state index contributed by atoms with van der Waals surface area (Å²) in [6, 6.07) is 14.1. The number of amides is 2. The topological polar surface area (TPSA) is 72.2 Å². The number of hydrogen-bond acceptors (Lipinski definition) is 3. The van der Waals surface area contributed by atoms with Gasteiger partial charge in [0.25, 0.3) is 5.91 Å². The number of likely N-dealkylation sites (tertiary alicyclic amines) is 1. The summed E-state index contributed by atoms with van der Waals surface area (Å²) >= 11 is 0. The van der Waals surface area contributed by atoms with Crippen LogP contribution in [0.15, 0.2) is 61.1 Å². The maximum absolute atomic E-state index is 13.1. The molecule has 1 aromatic carbocycles. The van der Waals surface area contributed by atoms with Crippen LogP contribution in [0.4, 0.5) is 5.69 Å². The second-order valence-electron chi connectivity index (χ2n) is 7.96. The molecule has 0 spiro atoms. The van der Waals surface area contributed by atoms with Gasteiger partial charge < -0.3 is 14.8 Å². The van der Waals surface area contributed by atoms with Crippen molar-refractivity contribution >= 4 is 17.5 Å². The summed E-state index contributed by atoms with van der Waals surface area (Å²) in [5.74, 6) is -0.0333. The van der Waals surface area contributed by atoms with Gasteiger partial charge in [0.1, 0.15) is 5.69 Å². The minimum absolute atomic E-state index is 0.00832. The Kier molecular flexibility index (Phi) is 6.50. The molecule has 0 bridgehead atoms. The monoisotopic (exact) mass is 419 g/mol. The third kappa shape index (κ3) is 5.05. The lowest BCUT2D eigenvalue weighted by Gasteiger charge is -2.31. The fourth-order valence-corrected chi connectivity index (χ4v) is 4.05. The SMILES string of the molecule is CCn1cc(NC(=O)C2CCN(C(=O)c3cccn3CCc3ccccc3)CC2)cn1. The van der Waals surface area contributed by atoms with E-state index in [9.17, 15) is 9.59 Å². The van der Waals surface area contributed by atoms with Crippen LogP contribution in [0.2, 0.25) is 0 Å². The van der Waals surface area contributed by atoms with Crippen LogP contribution < -0.4 is 5.32 Å². The summed E-state index contributed by atoms with van der Waals surface area (Å²) in [7, 11) is 0. The third-order valence-corrected chi connectivity index (χ3v) is 5.91. The largest absolute Gasteiger partial charge is 0.343 e. The highest BCUT2D eigenvalue weighted by atomic mass is 16.2. The molecule has 1 fully saturated rings. The Morgan fingerprint density at radius 1 is 1.10 bits per heavy atom. The molecule has 0 saturated carbocycles. The number of hydrogen-bond donors (Lipinski definition) is 1. The summed E-state index contributed by atoms with van der Waals surface area (Å²) < 4.78 is 3.81. The number of nitrogens with one attached hydrogen (secondary N) is 1. The molecule has 0 radical (unpaired) electrons. The van der Waals surface area contributed by atoms with Crippen LogP contribution in [-0.4, -0.2) is 44.2 Å². The first-order valence-corrected chi connectivity index (χ1v) is 11.0. The highest BCUT2D eigenvalue weighted by molar-refractivity contribution is 5.94. The Balaban J connectivity index is 1.30. The summed E-state index contributed by atoms with van der Waals surface area (Å²) in [6.07, 6.45) is 7.69. The van der Waals surface area contributed by atoms with Gasteiger partial charge >= 0.3 is 0 Å². The first kappa shape index (κ1) is 20.9. The molecule has 3 heterocycles. The van der Waals surface area contributed by atoms with Crippen molar-refractivity contribution in [2.24, 2.45) is 5.92 Å². The molecule has 1 aliphatic rings. The minimum Gasteiger partial charge on any atom is -0.343 e. The van der Waals surface area contributed by atoms with Gasteiger partial charge in [-0.05, 0) is 43.9 Å². The van der Waals surface area contributed by atoms with Gasteiger partial charge in [0.15, 0.2) is 0 Å². The summed E-state index contributed by atoms with van der Waals surface area (Å²) in [5.41, 5.74) is 2.69. The van der Waals surface area contributed by atoms with Gasteiger partial charge in [0.05, 0.1) is 11.9 Å². The van der Waals surface area contributed by atoms with Gasteiger partial charge in [-0.1, -0.05) is 30.3 Å². The number of aromatic nitrogens is 3. The Bertz CT molecular complexity index is 1020. The molecule has 162 valence electrons. The molecule has 1 N–H and O–H groups in total. The van der Waals surface area contributed by atoms with E-state index >= 15 is 0 Å². The van der Waals surface area contributed by atoms with Gasteiger partial charge in [-0.3, -0.25) is 14.3 Å². The van der Waals surface area contributed by atoms with E-state index in [1.165, 1.54) is 5.56 Å². The smallest absolute Gasteiger partial charge is 0.270 e. The lowest BCUT2D eigenvalue weighted by molar-refractivity contribution is -0.121. The van der Waals surface area contributed by atoms with Crippen molar-refractivity contribution in [1.82, 2.24) is 19.2 Å². The molecule has 3 aromatic rings. The zero-order valence-electron chi connectivity index (χ0n) is 17.9. The maximum Gasteiger partial charge on any atom is 0.270 e. The standard InChI is InChI=1S/C24H29N5O2/c1-2-29-18-21(17-25-29)26-23(30)20-11-15-28(16-12-20)24(31)22-9-6-13-27(22)14-10-19-7-4-3-5-8-19/h3-9,13,17-18,20H,2,10-12,14-16H2,1H3,(H,26,30). The highest BCUT2D eigenvalue weighted by Crippen LogP contribution is 2.21. The van der Waals surface area contributed by atoms with E-state index in [1.807, 2.05) is 59.1 Å². The Labute approximate surface area is 182 Å². The second-order valence-corrected chi connectivity index (χ2v) is 7.96. The molecule has 1 aliphatic heterocycles. The van der Waals surface area contributed by atoms with Gasteiger partial charge in [0, 0.05) is 44.5 Å². The van der Waals surface area contributed by atoms with Crippen LogP contribution >= 0.6 is 0 Å².